The third-order valence-corrected chi connectivity index (χ3v) is 2.35. The highest BCUT2D eigenvalue weighted by Gasteiger charge is 1.97. The minimum absolute atomic E-state index is 0.100. The molecular weight excluding hydrogens is 252 g/mol. The molecule has 0 amide bonds. The SMILES string of the molecule is CSc1ncc(C=CCBr)c(=O)[nH]1. The average Bonchev–Trinajstić information content (AvgIpc) is 2.16. The number of allylic oxidation sites excluding steroid dienone is 1. The van der Waals surface area contributed by atoms with Crippen LogP contribution in [0.2, 0.25) is 0 Å². The lowest BCUT2D eigenvalue weighted by molar-refractivity contribution is 0.934. The van der Waals surface area contributed by atoms with E-state index >= 15 is 0 Å². The molecule has 5 heteroatoms. The number of nitrogens with zero attached hydrogens (tertiary/aromatic N) is 1. The van der Waals surface area contributed by atoms with E-state index in [0.29, 0.717) is 10.7 Å². The summed E-state index contributed by atoms with van der Waals surface area (Å²) in [5.74, 6) is 0. The summed E-state index contributed by atoms with van der Waals surface area (Å²) >= 11 is 4.65. The van der Waals surface area contributed by atoms with E-state index in [1.165, 1.54) is 11.8 Å². The van der Waals surface area contributed by atoms with Crippen molar-refractivity contribution >= 4 is 33.8 Å². The van der Waals surface area contributed by atoms with Gasteiger partial charge in [-0.15, -0.1) is 0 Å². The van der Waals surface area contributed by atoms with E-state index in [1.807, 2.05) is 12.3 Å². The van der Waals surface area contributed by atoms with Crippen molar-refractivity contribution in [2.75, 3.05) is 11.6 Å². The van der Waals surface area contributed by atoms with Crippen molar-refractivity contribution in [3.05, 3.63) is 28.2 Å². The lowest BCUT2D eigenvalue weighted by Gasteiger charge is -1.95. The Bertz CT molecular complexity index is 361. The maximum Gasteiger partial charge on any atom is 0.258 e. The van der Waals surface area contributed by atoms with Gasteiger partial charge in [-0.05, 0) is 6.26 Å². The van der Waals surface area contributed by atoms with Crippen LogP contribution in [0.5, 0.6) is 0 Å². The fourth-order valence-corrected chi connectivity index (χ4v) is 1.32. The highest BCUT2D eigenvalue weighted by molar-refractivity contribution is 9.09. The molecular formula is C8H9BrN2OS. The number of alkyl halides is 1. The van der Waals surface area contributed by atoms with Gasteiger partial charge in [-0.3, -0.25) is 4.79 Å². The van der Waals surface area contributed by atoms with Gasteiger partial charge < -0.3 is 4.98 Å². The highest BCUT2D eigenvalue weighted by atomic mass is 79.9. The van der Waals surface area contributed by atoms with Crippen LogP contribution in [0.25, 0.3) is 6.08 Å². The molecule has 0 saturated carbocycles. The summed E-state index contributed by atoms with van der Waals surface area (Å²) in [6.07, 6.45) is 7.03. The molecule has 1 N–H and O–H groups in total. The Labute approximate surface area is 88.8 Å². The molecule has 0 fully saturated rings. The summed E-state index contributed by atoms with van der Waals surface area (Å²) in [7, 11) is 0. The Morgan fingerprint density at radius 3 is 3.08 bits per heavy atom. The fourth-order valence-electron chi connectivity index (χ4n) is 0.782. The zero-order chi connectivity index (χ0) is 9.68. The summed E-state index contributed by atoms with van der Waals surface area (Å²) < 4.78 is 0. The number of nitrogens with one attached hydrogen (secondary N) is 1. The molecule has 3 nitrogen and oxygen atoms in total. The Kier molecular flexibility index (Phi) is 4.24. The molecule has 0 saturated heterocycles. The standard InChI is InChI=1S/C8H9BrN2OS/c1-13-8-10-5-6(3-2-4-9)7(12)11-8/h2-3,5H,4H2,1H3,(H,10,11,12). The largest absolute Gasteiger partial charge is 0.301 e. The number of hydrogen-bond acceptors (Lipinski definition) is 3. The fraction of sp³-hybridized carbons (Fsp3) is 0.250. The van der Waals surface area contributed by atoms with E-state index in [-0.39, 0.29) is 5.56 Å². The van der Waals surface area contributed by atoms with Crippen LogP contribution in [0.1, 0.15) is 5.56 Å². The number of H-pyrrole nitrogens is 1. The van der Waals surface area contributed by atoms with Crippen molar-refractivity contribution in [2.45, 2.75) is 5.16 Å². The van der Waals surface area contributed by atoms with Crippen LogP contribution in [0.3, 0.4) is 0 Å². The van der Waals surface area contributed by atoms with E-state index < -0.39 is 0 Å². The van der Waals surface area contributed by atoms with Crippen LogP contribution in [-0.4, -0.2) is 21.6 Å². The normalized spacial score (nSPS) is 10.9. The van der Waals surface area contributed by atoms with Crippen molar-refractivity contribution in [2.24, 2.45) is 0 Å². The summed E-state index contributed by atoms with van der Waals surface area (Å²) in [4.78, 5) is 18.0. The summed E-state index contributed by atoms with van der Waals surface area (Å²) in [5.41, 5.74) is 0.480. The predicted octanol–water partition coefficient (Wildman–Crippen LogP) is 1.90. The van der Waals surface area contributed by atoms with Gasteiger partial charge in [0.05, 0.1) is 5.56 Å². The smallest absolute Gasteiger partial charge is 0.258 e. The van der Waals surface area contributed by atoms with E-state index in [2.05, 4.69) is 25.9 Å². The van der Waals surface area contributed by atoms with Gasteiger partial charge in [0.1, 0.15) is 0 Å². The molecule has 13 heavy (non-hydrogen) atoms. The molecule has 1 aromatic heterocycles. The molecule has 0 aromatic carbocycles. The van der Waals surface area contributed by atoms with Crippen LogP contribution in [0.4, 0.5) is 0 Å². The Balaban J connectivity index is 2.99. The minimum atomic E-state index is -0.100. The zero-order valence-electron chi connectivity index (χ0n) is 7.08. The van der Waals surface area contributed by atoms with Crippen molar-refractivity contribution in [3.63, 3.8) is 0 Å². The molecule has 70 valence electrons. The second-order valence-corrected chi connectivity index (χ2v) is 3.68. The predicted molar refractivity (Wildman–Crippen MR) is 59.5 cm³/mol. The average molecular weight is 261 g/mol. The maximum absolute atomic E-state index is 11.3. The first-order chi connectivity index (χ1) is 6.27. The van der Waals surface area contributed by atoms with Crippen molar-refractivity contribution in [1.29, 1.82) is 0 Å². The molecule has 1 heterocycles. The molecule has 0 bridgehead atoms. The van der Waals surface area contributed by atoms with E-state index in [0.717, 1.165) is 5.33 Å². The third-order valence-electron chi connectivity index (χ3n) is 1.38. The molecule has 0 atom stereocenters. The molecule has 0 aliphatic heterocycles. The van der Waals surface area contributed by atoms with Crippen LogP contribution in [0, 0.1) is 0 Å². The quantitative estimate of drug-likeness (QED) is 0.513. The van der Waals surface area contributed by atoms with E-state index in [4.69, 9.17) is 0 Å². The number of thioether (sulfide) groups is 1. The van der Waals surface area contributed by atoms with Crippen LogP contribution in [-0.2, 0) is 0 Å². The summed E-state index contributed by atoms with van der Waals surface area (Å²) in [6.45, 7) is 0. The third kappa shape index (κ3) is 3.00. The van der Waals surface area contributed by atoms with Gasteiger partial charge in [-0.2, -0.15) is 0 Å². The Morgan fingerprint density at radius 2 is 2.54 bits per heavy atom. The van der Waals surface area contributed by atoms with Gasteiger partial charge in [-0.25, -0.2) is 4.98 Å². The number of aromatic amines is 1. The second kappa shape index (κ2) is 5.24. The number of hydrogen-bond donors (Lipinski definition) is 1. The Morgan fingerprint density at radius 1 is 1.77 bits per heavy atom. The molecule has 1 rings (SSSR count). The molecule has 0 aliphatic carbocycles. The lowest BCUT2D eigenvalue weighted by atomic mass is 10.3. The maximum atomic E-state index is 11.3. The van der Waals surface area contributed by atoms with Crippen molar-refractivity contribution in [1.82, 2.24) is 9.97 Å². The van der Waals surface area contributed by atoms with Gasteiger partial charge in [0.2, 0.25) is 0 Å². The zero-order valence-corrected chi connectivity index (χ0v) is 9.48. The molecule has 0 radical (unpaired) electrons. The van der Waals surface area contributed by atoms with Crippen molar-refractivity contribution < 1.29 is 0 Å². The van der Waals surface area contributed by atoms with E-state index in [1.54, 1.807) is 12.3 Å². The van der Waals surface area contributed by atoms with Crippen LogP contribution in [0.15, 0.2) is 22.2 Å². The topological polar surface area (TPSA) is 45.8 Å². The summed E-state index contributed by atoms with van der Waals surface area (Å²) in [6, 6.07) is 0. The number of halogens is 1. The van der Waals surface area contributed by atoms with Crippen molar-refractivity contribution in [3.8, 4) is 0 Å². The number of rotatable bonds is 3. The van der Waals surface area contributed by atoms with Gasteiger partial charge in [0.25, 0.3) is 5.56 Å². The molecule has 1 aromatic rings. The molecule has 0 spiro atoms. The van der Waals surface area contributed by atoms with Crippen LogP contribution < -0.4 is 5.56 Å². The lowest BCUT2D eigenvalue weighted by Crippen LogP contribution is -2.10. The first-order valence-corrected chi connectivity index (χ1v) is 5.98. The van der Waals surface area contributed by atoms with Gasteiger partial charge in [-0.1, -0.05) is 39.8 Å². The first-order valence-electron chi connectivity index (χ1n) is 3.63. The van der Waals surface area contributed by atoms with Gasteiger partial charge >= 0.3 is 0 Å². The van der Waals surface area contributed by atoms with Gasteiger partial charge in [0.15, 0.2) is 5.16 Å². The van der Waals surface area contributed by atoms with Crippen LogP contribution >= 0.6 is 27.7 Å². The second-order valence-electron chi connectivity index (χ2n) is 2.23. The number of aromatic nitrogens is 2. The monoisotopic (exact) mass is 260 g/mol. The Hall–Kier alpha value is -0.550. The first kappa shape index (κ1) is 10.5. The highest BCUT2D eigenvalue weighted by Crippen LogP contribution is 2.04. The minimum Gasteiger partial charge on any atom is -0.301 e. The molecule has 0 aliphatic rings. The summed E-state index contributed by atoms with van der Waals surface area (Å²) in [5, 5.41) is 1.37. The van der Waals surface area contributed by atoms with Gasteiger partial charge in [0, 0.05) is 11.5 Å². The molecule has 0 unspecified atom stereocenters. The van der Waals surface area contributed by atoms with E-state index in [9.17, 15) is 4.79 Å².